The van der Waals surface area contributed by atoms with Crippen molar-refractivity contribution < 1.29 is 27.8 Å². The summed E-state index contributed by atoms with van der Waals surface area (Å²) in [7, 11) is 1.53. The highest BCUT2D eigenvalue weighted by atomic mass is 19.3. The third-order valence-corrected chi connectivity index (χ3v) is 4.31. The van der Waals surface area contributed by atoms with E-state index in [2.05, 4.69) is 20.7 Å². The Kier molecular flexibility index (Phi) is 5.96. The molecule has 1 aliphatic rings. The van der Waals surface area contributed by atoms with E-state index >= 15 is 0 Å². The molecule has 1 aliphatic heterocycles. The predicted octanol–water partition coefficient (Wildman–Crippen LogP) is 3.56. The minimum atomic E-state index is -3.05. The number of urea groups is 1. The molecule has 0 saturated heterocycles. The molecule has 3 rings (SSSR count). The Morgan fingerprint density at radius 3 is 2.48 bits per heavy atom. The fourth-order valence-corrected chi connectivity index (χ4v) is 3.02. The molecule has 9 heteroatoms. The summed E-state index contributed by atoms with van der Waals surface area (Å²) in [5, 5.41) is 7.87. The molecule has 0 aliphatic carbocycles. The summed E-state index contributed by atoms with van der Waals surface area (Å²) in [5.74, 6) is -0.00444. The van der Waals surface area contributed by atoms with Crippen LogP contribution in [-0.4, -0.2) is 25.7 Å². The number of alkyl halides is 2. The van der Waals surface area contributed by atoms with Crippen LogP contribution >= 0.6 is 0 Å². The van der Waals surface area contributed by atoms with Gasteiger partial charge >= 0.3 is 12.6 Å². The van der Waals surface area contributed by atoms with Gasteiger partial charge in [0.1, 0.15) is 11.5 Å². The molecule has 1 heterocycles. The first kappa shape index (κ1) is 20.1. The number of amides is 3. The number of benzene rings is 2. The quantitative estimate of drug-likeness (QED) is 0.688. The first-order valence-electron chi connectivity index (χ1n) is 8.66. The van der Waals surface area contributed by atoms with E-state index in [9.17, 15) is 18.4 Å². The summed E-state index contributed by atoms with van der Waals surface area (Å²) in [6.45, 7) is -1.49. The van der Waals surface area contributed by atoms with Crippen molar-refractivity contribution in [2.45, 2.75) is 19.6 Å². The minimum Gasteiger partial charge on any atom is -0.497 e. The van der Waals surface area contributed by atoms with Crippen molar-refractivity contribution >= 4 is 17.6 Å². The molecular weight excluding hydrogens is 384 g/mol. The Morgan fingerprint density at radius 2 is 1.83 bits per heavy atom. The van der Waals surface area contributed by atoms with Crippen LogP contribution in [-0.2, 0) is 4.79 Å². The molecule has 3 amide bonds. The van der Waals surface area contributed by atoms with Crippen molar-refractivity contribution in [1.29, 1.82) is 0 Å². The number of carbonyl (C=O) groups is 2. The SMILES string of the molecule is COc1ccc(NC(=O)C2=C(C)NC(=O)N[C@H]2c2ccccc2OC(F)F)cc1. The fraction of sp³-hybridized carbons (Fsp3) is 0.200. The molecule has 0 spiro atoms. The normalized spacial score (nSPS) is 16.2. The zero-order valence-corrected chi connectivity index (χ0v) is 15.7. The van der Waals surface area contributed by atoms with Crippen molar-refractivity contribution in [2.75, 3.05) is 12.4 Å². The van der Waals surface area contributed by atoms with E-state index in [0.29, 0.717) is 17.1 Å². The molecule has 0 aromatic heterocycles. The topological polar surface area (TPSA) is 88.7 Å². The number of anilines is 1. The van der Waals surface area contributed by atoms with Crippen molar-refractivity contribution in [1.82, 2.24) is 10.6 Å². The van der Waals surface area contributed by atoms with Crippen LogP contribution in [0.15, 0.2) is 59.8 Å². The third kappa shape index (κ3) is 4.63. The molecule has 0 bridgehead atoms. The van der Waals surface area contributed by atoms with Gasteiger partial charge in [0.2, 0.25) is 0 Å². The fourth-order valence-electron chi connectivity index (χ4n) is 3.02. The van der Waals surface area contributed by atoms with Crippen molar-refractivity contribution in [2.24, 2.45) is 0 Å². The minimum absolute atomic E-state index is 0.128. The average Bonchev–Trinajstić information content (AvgIpc) is 2.68. The number of carbonyl (C=O) groups excluding carboxylic acids is 2. The molecule has 2 aromatic carbocycles. The predicted molar refractivity (Wildman–Crippen MR) is 102 cm³/mol. The Morgan fingerprint density at radius 1 is 1.14 bits per heavy atom. The van der Waals surface area contributed by atoms with E-state index in [1.165, 1.54) is 25.3 Å². The van der Waals surface area contributed by atoms with Crippen molar-refractivity contribution in [3.05, 3.63) is 65.4 Å². The van der Waals surface area contributed by atoms with E-state index in [1.807, 2.05) is 0 Å². The monoisotopic (exact) mass is 403 g/mol. The van der Waals surface area contributed by atoms with Gasteiger partial charge in [-0.1, -0.05) is 18.2 Å². The van der Waals surface area contributed by atoms with Crippen LogP contribution in [0.5, 0.6) is 11.5 Å². The number of para-hydroxylation sites is 1. The standard InChI is InChI=1S/C20H19F2N3O4/c1-11-16(18(26)24-12-7-9-13(28-2)10-8-12)17(25-20(27)23-11)14-5-3-4-6-15(14)29-19(21)22/h3-10,17,19H,1-2H3,(H,24,26)(H2,23,25,27)/t17-/m0/s1. The number of hydrogen-bond acceptors (Lipinski definition) is 4. The van der Waals surface area contributed by atoms with Crippen LogP contribution in [0, 0.1) is 0 Å². The molecule has 0 saturated carbocycles. The van der Waals surface area contributed by atoms with Gasteiger partial charge in [0, 0.05) is 16.9 Å². The maximum atomic E-state index is 13.0. The second kappa shape index (κ2) is 8.59. The molecule has 0 unspecified atom stereocenters. The van der Waals surface area contributed by atoms with Gasteiger partial charge in [-0.05, 0) is 37.3 Å². The summed E-state index contributed by atoms with van der Waals surface area (Å²) in [5.41, 5.74) is 1.22. The van der Waals surface area contributed by atoms with Gasteiger partial charge in [-0.25, -0.2) is 4.79 Å². The highest BCUT2D eigenvalue weighted by molar-refractivity contribution is 6.06. The van der Waals surface area contributed by atoms with Gasteiger partial charge in [0.15, 0.2) is 0 Å². The molecule has 29 heavy (non-hydrogen) atoms. The van der Waals surface area contributed by atoms with E-state index in [-0.39, 0.29) is 16.9 Å². The Hall–Kier alpha value is -3.62. The molecule has 7 nitrogen and oxygen atoms in total. The van der Waals surface area contributed by atoms with Crippen LogP contribution in [0.3, 0.4) is 0 Å². The first-order valence-corrected chi connectivity index (χ1v) is 8.66. The maximum Gasteiger partial charge on any atom is 0.387 e. The molecule has 0 radical (unpaired) electrons. The number of halogens is 2. The molecule has 3 N–H and O–H groups in total. The van der Waals surface area contributed by atoms with E-state index in [1.54, 1.807) is 37.3 Å². The second-order valence-electron chi connectivity index (χ2n) is 6.17. The van der Waals surface area contributed by atoms with Crippen LogP contribution in [0.25, 0.3) is 0 Å². The van der Waals surface area contributed by atoms with Gasteiger partial charge < -0.3 is 25.4 Å². The molecule has 0 fully saturated rings. The smallest absolute Gasteiger partial charge is 0.387 e. The third-order valence-electron chi connectivity index (χ3n) is 4.31. The largest absolute Gasteiger partial charge is 0.497 e. The van der Waals surface area contributed by atoms with Crippen LogP contribution in [0.4, 0.5) is 19.3 Å². The average molecular weight is 403 g/mol. The van der Waals surface area contributed by atoms with E-state index in [4.69, 9.17) is 4.74 Å². The van der Waals surface area contributed by atoms with Crippen LogP contribution in [0.2, 0.25) is 0 Å². The Labute approximate surface area is 165 Å². The highest BCUT2D eigenvalue weighted by Gasteiger charge is 2.33. The molecule has 2 aromatic rings. The zero-order chi connectivity index (χ0) is 21.0. The van der Waals surface area contributed by atoms with Crippen molar-refractivity contribution in [3.8, 4) is 11.5 Å². The van der Waals surface area contributed by atoms with Gasteiger partial charge in [-0.3, -0.25) is 4.79 Å². The van der Waals surface area contributed by atoms with E-state index < -0.39 is 24.6 Å². The number of ether oxygens (including phenoxy) is 2. The van der Waals surface area contributed by atoms with Crippen LogP contribution < -0.4 is 25.4 Å². The van der Waals surface area contributed by atoms with Crippen molar-refractivity contribution in [3.63, 3.8) is 0 Å². The summed E-state index contributed by atoms with van der Waals surface area (Å²) in [6.07, 6.45) is 0. The molecule has 152 valence electrons. The number of nitrogens with one attached hydrogen (secondary N) is 3. The maximum absolute atomic E-state index is 13.0. The summed E-state index contributed by atoms with van der Waals surface area (Å²) >= 11 is 0. The zero-order valence-electron chi connectivity index (χ0n) is 15.7. The lowest BCUT2D eigenvalue weighted by Gasteiger charge is -2.29. The molecular formula is C20H19F2N3O4. The van der Waals surface area contributed by atoms with Gasteiger partial charge in [0.25, 0.3) is 5.91 Å². The summed E-state index contributed by atoms with van der Waals surface area (Å²) < 4.78 is 35.3. The Bertz CT molecular complexity index is 945. The van der Waals surface area contributed by atoms with E-state index in [0.717, 1.165) is 0 Å². The van der Waals surface area contributed by atoms with Gasteiger partial charge in [-0.2, -0.15) is 8.78 Å². The number of methoxy groups -OCH3 is 1. The van der Waals surface area contributed by atoms with Gasteiger partial charge in [0.05, 0.1) is 18.7 Å². The lowest BCUT2D eigenvalue weighted by Crippen LogP contribution is -2.46. The lowest BCUT2D eigenvalue weighted by molar-refractivity contribution is -0.113. The molecule has 1 atom stereocenters. The number of allylic oxidation sites excluding steroid dienone is 1. The van der Waals surface area contributed by atoms with Gasteiger partial charge in [-0.15, -0.1) is 0 Å². The second-order valence-corrected chi connectivity index (χ2v) is 6.17. The number of hydrogen-bond donors (Lipinski definition) is 3. The van der Waals surface area contributed by atoms with Crippen LogP contribution in [0.1, 0.15) is 18.5 Å². The Balaban J connectivity index is 1.95. The number of rotatable bonds is 6. The summed E-state index contributed by atoms with van der Waals surface area (Å²) in [6, 6.07) is 11.1. The lowest BCUT2D eigenvalue weighted by atomic mass is 9.94. The first-order chi connectivity index (χ1) is 13.9. The highest BCUT2D eigenvalue weighted by Crippen LogP contribution is 2.34. The summed E-state index contributed by atoms with van der Waals surface area (Å²) in [4.78, 5) is 25.0.